The second kappa shape index (κ2) is 4.09. The van der Waals surface area contributed by atoms with Crippen molar-refractivity contribution in [1.82, 2.24) is 14.8 Å². The molecule has 4 saturated carbocycles. The summed E-state index contributed by atoms with van der Waals surface area (Å²) >= 11 is 0. The molecule has 0 aliphatic heterocycles. The van der Waals surface area contributed by atoms with Gasteiger partial charge in [-0.05, 0) is 60.7 Å². The maximum Gasteiger partial charge on any atom is 0.146 e. The van der Waals surface area contributed by atoms with Gasteiger partial charge in [-0.3, -0.25) is 0 Å². The Bertz CT molecular complexity index is 557. The minimum Gasteiger partial charge on any atom is -0.324 e. The summed E-state index contributed by atoms with van der Waals surface area (Å²) in [4.78, 5) is 0. The molecule has 4 bridgehead atoms. The van der Waals surface area contributed by atoms with Crippen LogP contribution in [0.5, 0.6) is 0 Å². The van der Waals surface area contributed by atoms with Gasteiger partial charge in [-0.2, -0.15) is 0 Å². The summed E-state index contributed by atoms with van der Waals surface area (Å²) in [5.41, 5.74) is 7.36. The van der Waals surface area contributed by atoms with E-state index in [-0.39, 0.29) is 0 Å². The van der Waals surface area contributed by atoms with Crippen molar-refractivity contribution in [2.75, 3.05) is 0 Å². The Hall–Kier alpha value is -0.900. The molecule has 0 saturated heterocycles. The Balaban J connectivity index is 1.66. The van der Waals surface area contributed by atoms with Gasteiger partial charge in [0.25, 0.3) is 0 Å². The molecule has 0 amide bonds. The highest BCUT2D eigenvalue weighted by atomic mass is 15.3. The maximum absolute atomic E-state index is 5.74. The van der Waals surface area contributed by atoms with Crippen molar-refractivity contribution in [3.05, 3.63) is 11.6 Å². The molecule has 4 aliphatic carbocycles. The zero-order chi connectivity index (χ0) is 14.9. The largest absolute Gasteiger partial charge is 0.324 e. The van der Waals surface area contributed by atoms with E-state index >= 15 is 0 Å². The quantitative estimate of drug-likeness (QED) is 0.930. The maximum atomic E-state index is 5.74. The molecular weight excluding hydrogens is 260 g/mol. The van der Waals surface area contributed by atoms with E-state index in [4.69, 9.17) is 5.73 Å². The second-order valence-corrected chi connectivity index (χ2v) is 9.10. The van der Waals surface area contributed by atoms with Crippen molar-refractivity contribution >= 4 is 0 Å². The van der Waals surface area contributed by atoms with Crippen molar-refractivity contribution in [2.45, 2.75) is 65.3 Å². The molecule has 0 aromatic carbocycles. The van der Waals surface area contributed by atoms with E-state index in [0.717, 1.165) is 24.0 Å². The van der Waals surface area contributed by atoms with Gasteiger partial charge in [-0.25, -0.2) is 0 Å². The molecular formula is C17H28N4. The molecule has 2 atom stereocenters. The van der Waals surface area contributed by atoms with E-state index in [0.29, 0.717) is 22.8 Å². The summed E-state index contributed by atoms with van der Waals surface area (Å²) < 4.78 is 2.13. The van der Waals surface area contributed by atoms with Gasteiger partial charge in [0.05, 0.1) is 6.54 Å². The minimum absolute atomic E-state index is 0.468. The molecule has 4 aliphatic rings. The minimum atomic E-state index is 0.468. The molecule has 4 nitrogen and oxygen atoms in total. The number of nitrogens with two attached hydrogens (primary N) is 1. The van der Waals surface area contributed by atoms with Gasteiger partial charge >= 0.3 is 0 Å². The van der Waals surface area contributed by atoms with Gasteiger partial charge < -0.3 is 10.3 Å². The van der Waals surface area contributed by atoms with Crippen LogP contribution >= 0.6 is 0 Å². The van der Waals surface area contributed by atoms with Crippen LogP contribution in [-0.4, -0.2) is 14.8 Å². The third kappa shape index (κ3) is 2.06. The van der Waals surface area contributed by atoms with Crippen LogP contribution in [0.1, 0.15) is 64.0 Å². The molecule has 1 aromatic heterocycles. The van der Waals surface area contributed by atoms with Gasteiger partial charge in [0.15, 0.2) is 0 Å². The van der Waals surface area contributed by atoms with Crippen LogP contribution in [0.15, 0.2) is 0 Å². The smallest absolute Gasteiger partial charge is 0.146 e. The van der Waals surface area contributed by atoms with Crippen LogP contribution in [-0.2, 0) is 20.0 Å². The summed E-state index contributed by atoms with van der Waals surface area (Å²) in [6.07, 6.45) is 9.62. The van der Waals surface area contributed by atoms with Crippen LogP contribution in [0.4, 0.5) is 0 Å². The summed E-state index contributed by atoms with van der Waals surface area (Å²) in [6.45, 7) is 5.55. The number of nitrogens with zero attached hydrogens (tertiary/aromatic N) is 3. The van der Waals surface area contributed by atoms with E-state index in [1.54, 1.807) is 0 Å². The second-order valence-electron chi connectivity index (χ2n) is 9.10. The lowest BCUT2D eigenvalue weighted by Crippen LogP contribution is -2.55. The highest BCUT2D eigenvalue weighted by Gasteiger charge is 2.60. The number of hydrogen-bond donors (Lipinski definition) is 1. The van der Waals surface area contributed by atoms with Crippen LogP contribution < -0.4 is 5.73 Å². The lowest BCUT2D eigenvalue weighted by molar-refractivity contribution is -0.145. The summed E-state index contributed by atoms with van der Waals surface area (Å²) in [5.74, 6) is 3.00. The van der Waals surface area contributed by atoms with Gasteiger partial charge in [0.2, 0.25) is 0 Å². The third-order valence-electron chi connectivity index (χ3n) is 6.51. The van der Waals surface area contributed by atoms with Gasteiger partial charge in [0, 0.05) is 13.5 Å². The van der Waals surface area contributed by atoms with Gasteiger partial charge in [0.1, 0.15) is 11.6 Å². The average molecular weight is 288 g/mol. The predicted molar refractivity (Wildman–Crippen MR) is 82.4 cm³/mol. The Morgan fingerprint density at radius 3 is 2.19 bits per heavy atom. The third-order valence-corrected chi connectivity index (χ3v) is 6.51. The fourth-order valence-electron chi connectivity index (χ4n) is 6.95. The average Bonchev–Trinajstić information content (AvgIpc) is 2.65. The summed E-state index contributed by atoms with van der Waals surface area (Å²) in [7, 11) is 2.07. The van der Waals surface area contributed by atoms with Gasteiger partial charge in [-0.15, -0.1) is 10.2 Å². The highest BCUT2D eigenvalue weighted by Crippen LogP contribution is 2.70. The Labute approximate surface area is 127 Å². The highest BCUT2D eigenvalue weighted by molar-refractivity contribution is 5.13. The number of aromatic nitrogens is 3. The normalized spacial score (nSPS) is 44.5. The van der Waals surface area contributed by atoms with Crippen molar-refractivity contribution in [2.24, 2.45) is 34.9 Å². The van der Waals surface area contributed by atoms with Crippen molar-refractivity contribution in [3.8, 4) is 0 Å². The zero-order valence-corrected chi connectivity index (χ0v) is 13.7. The lowest BCUT2D eigenvalue weighted by Gasteiger charge is -2.65. The van der Waals surface area contributed by atoms with Crippen LogP contribution in [0.2, 0.25) is 0 Å². The first-order valence-corrected chi connectivity index (χ1v) is 8.42. The predicted octanol–water partition coefficient (Wildman–Crippen LogP) is 2.81. The van der Waals surface area contributed by atoms with Gasteiger partial charge in [-0.1, -0.05) is 13.8 Å². The van der Waals surface area contributed by atoms with Crippen LogP contribution in [0.25, 0.3) is 0 Å². The molecule has 1 heterocycles. The molecule has 116 valence electrons. The van der Waals surface area contributed by atoms with E-state index in [1.807, 2.05) is 0 Å². The first-order chi connectivity index (χ1) is 9.84. The van der Waals surface area contributed by atoms with Crippen molar-refractivity contribution < 1.29 is 0 Å². The molecule has 1 aromatic rings. The Morgan fingerprint density at radius 1 is 1.05 bits per heavy atom. The zero-order valence-electron chi connectivity index (χ0n) is 13.7. The van der Waals surface area contributed by atoms with Crippen molar-refractivity contribution in [1.29, 1.82) is 0 Å². The monoisotopic (exact) mass is 288 g/mol. The van der Waals surface area contributed by atoms with E-state index in [9.17, 15) is 0 Å². The van der Waals surface area contributed by atoms with E-state index in [1.165, 1.54) is 38.5 Å². The molecule has 0 spiro atoms. The van der Waals surface area contributed by atoms with Crippen LogP contribution in [0, 0.1) is 22.2 Å². The van der Waals surface area contributed by atoms with E-state index < -0.39 is 0 Å². The summed E-state index contributed by atoms with van der Waals surface area (Å²) in [6, 6.07) is 0. The lowest BCUT2D eigenvalue weighted by atomic mass is 9.40. The Morgan fingerprint density at radius 2 is 1.67 bits per heavy atom. The molecule has 4 fully saturated rings. The molecule has 2 unspecified atom stereocenters. The van der Waals surface area contributed by atoms with Crippen molar-refractivity contribution in [3.63, 3.8) is 0 Å². The first kappa shape index (κ1) is 13.7. The SMILES string of the molecule is Cn1c(CN)nnc1CC12CC3CC(C)(CC(C)(C3)C1)C2. The molecule has 21 heavy (non-hydrogen) atoms. The molecule has 0 radical (unpaired) electrons. The number of rotatable bonds is 3. The number of hydrogen-bond acceptors (Lipinski definition) is 3. The Kier molecular flexibility index (Phi) is 2.68. The fourth-order valence-corrected chi connectivity index (χ4v) is 6.95. The fraction of sp³-hybridized carbons (Fsp3) is 0.882. The summed E-state index contributed by atoms with van der Waals surface area (Å²) in [5, 5.41) is 8.70. The molecule has 4 heteroatoms. The molecule has 5 rings (SSSR count). The van der Waals surface area contributed by atoms with E-state index in [2.05, 4.69) is 35.7 Å². The first-order valence-electron chi connectivity index (χ1n) is 8.42. The standard InChI is InChI=1S/C17H28N4/c1-15-4-12-5-16(2,9-15)11-17(6-12,10-15)7-13-19-20-14(8-18)21(13)3/h12H,4-11,18H2,1-3H3. The topological polar surface area (TPSA) is 56.7 Å². The van der Waals surface area contributed by atoms with Crippen LogP contribution in [0.3, 0.4) is 0 Å². The molecule has 2 N–H and O–H groups in total.